The van der Waals surface area contributed by atoms with Crippen LogP contribution in [-0.4, -0.2) is 48.2 Å². The molecular weight excluding hydrogens is 332 g/mol. The third-order valence-electron chi connectivity index (χ3n) is 4.04. The number of hydrogen-bond acceptors (Lipinski definition) is 5. The summed E-state index contributed by atoms with van der Waals surface area (Å²) in [5, 5.41) is 2.44. The Kier molecular flexibility index (Phi) is 7.41. The number of alkyl carbamates (subject to hydrolysis) is 1. The molecule has 7 nitrogen and oxygen atoms in total. The Hall–Kier alpha value is -2.12. The molecule has 0 spiro atoms. The van der Waals surface area contributed by atoms with Crippen LogP contribution in [0.15, 0.2) is 30.3 Å². The Morgan fingerprint density at radius 2 is 1.81 bits per heavy atom. The van der Waals surface area contributed by atoms with E-state index in [0.717, 1.165) is 32.5 Å². The molecule has 0 aliphatic carbocycles. The molecule has 0 radical (unpaired) electrons. The molecule has 0 saturated carbocycles. The molecule has 1 aromatic carbocycles. The van der Waals surface area contributed by atoms with E-state index in [4.69, 9.17) is 4.74 Å². The van der Waals surface area contributed by atoms with Crippen LogP contribution in [0.5, 0.6) is 0 Å². The molecule has 1 heterocycles. The summed E-state index contributed by atoms with van der Waals surface area (Å²) < 4.78 is 5.09. The summed E-state index contributed by atoms with van der Waals surface area (Å²) in [6.45, 7) is 8.14. The van der Waals surface area contributed by atoms with E-state index in [9.17, 15) is 9.59 Å². The van der Waals surface area contributed by atoms with Gasteiger partial charge in [-0.15, -0.1) is 0 Å². The summed E-state index contributed by atoms with van der Waals surface area (Å²) in [6.07, 6.45) is 1.33. The van der Waals surface area contributed by atoms with E-state index in [1.165, 1.54) is 5.56 Å². The second-order valence-corrected chi connectivity index (χ2v) is 7.58. The summed E-state index contributed by atoms with van der Waals surface area (Å²) in [6, 6.07) is 10.7. The minimum absolute atomic E-state index is 0.116. The number of hydrogen-bond donors (Lipinski definition) is 3. The molecule has 1 fully saturated rings. The number of carbonyl (C=O) groups excluding carboxylic acids is 2. The van der Waals surface area contributed by atoms with Crippen molar-refractivity contribution in [3.63, 3.8) is 0 Å². The van der Waals surface area contributed by atoms with Crippen LogP contribution in [0, 0.1) is 0 Å². The highest BCUT2D eigenvalue weighted by molar-refractivity contribution is 5.81. The van der Waals surface area contributed by atoms with Crippen molar-refractivity contribution in [3.8, 4) is 0 Å². The molecule has 0 bridgehead atoms. The maximum atomic E-state index is 11.8. The predicted octanol–water partition coefficient (Wildman–Crippen LogP) is 1.80. The Labute approximate surface area is 155 Å². The highest BCUT2D eigenvalue weighted by Crippen LogP contribution is 2.13. The van der Waals surface area contributed by atoms with Gasteiger partial charge in [-0.2, -0.15) is 0 Å². The maximum Gasteiger partial charge on any atom is 0.408 e. The van der Waals surface area contributed by atoms with Gasteiger partial charge < -0.3 is 10.1 Å². The molecule has 0 aromatic heterocycles. The van der Waals surface area contributed by atoms with E-state index in [2.05, 4.69) is 45.3 Å². The second kappa shape index (κ2) is 9.54. The van der Waals surface area contributed by atoms with Crippen molar-refractivity contribution >= 4 is 12.0 Å². The molecule has 2 rings (SSSR count). The Bertz CT molecular complexity index is 578. The molecule has 26 heavy (non-hydrogen) atoms. The fraction of sp³-hybridized carbons (Fsp3) is 0.579. The zero-order valence-electron chi connectivity index (χ0n) is 15.9. The van der Waals surface area contributed by atoms with Crippen molar-refractivity contribution in [2.24, 2.45) is 0 Å². The van der Waals surface area contributed by atoms with Crippen LogP contribution in [0.25, 0.3) is 0 Å². The highest BCUT2D eigenvalue weighted by Gasteiger charge is 2.20. The van der Waals surface area contributed by atoms with Crippen LogP contribution in [0.3, 0.4) is 0 Å². The number of rotatable bonds is 6. The summed E-state index contributed by atoms with van der Waals surface area (Å²) in [5.41, 5.74) is 6.46. The largest absolute Gasteiger partial charge is 0.444 e. The molecule has 0 unspecified atom stereocenters. The van der Waals surface area contributed by atoms with Crippen LogP contribution in [0.2, 0.25) is 0 Å². The minimum atomic E-state index is -0.595. The summed E-state index contributed by atoms with van der Waals surface area (Å²) in [5.74, 6) is -0.289. The van der Waals surface area contributed by atoms with Crippen molar-refractivity contribution in [2.45, 2.75) is 51.8 Å². The molecule has 1 aliphatic heterocycles. The molecule has 144 valence electrons. The molecule has 0 atom stereocenters. The number of amides is 2. The first-order valence-corrected chi connectivity index (χ1v) is 9.09. The SMILES string of the molecule is CC(C)(C)OC(=O)NCC(=O)NNC1CCN(Cc2ccccc2)CC1. The monoisotopic (exact) mass is 362 g/mol. The normalized spacial score (nSPS) is 16.1. The number of ether oxygens (including phenoxy) is 1. The zero-order valence-corrected chi connectivity index (χ0v) is 15.9. The van der Waals surface area contributed by atoms with Gasteiger partial charge in [-0.3, -0.25) is 15.1 Å². The summed E-state index contributed by atoms with van der Waals surface area (Å²) in [4.78, 5) is 25.7. The van der Waals surface area contributed by atoms with E-state index in [1.54, 1.807) is 20.8 Å². The minimum Gasteiger partial charge on any atom is -0.444 e. The van der Waals surface area contributed by atoms with Crippen LogP contribution < -0.4 is 16.2 Å². The quantitative estimate of drug-likeness (QED) is 0.672. The van der Waals surface area contributed by atoms with Crippen LogP contribution >= 0.6 is 0 Å². The van der Waals surface area contributed by atoms with Gasteiger partial charge in [0.1, 0.15) is 12.1 Å². The third kappa shape index (κ3) is 7.84. The van der Waals surface area contributed by atoms with Crippen LogP contribution in [-0.2, 0) is 16.1 Å². The van der Waals surface area contributed by atoms with Gasteiger partial charge in [0.05, 0.1) is 0 Å². The van der Waals surface area contributed by atoms with E-state index in [1.807, 2.05) is 6.07 Å². The highest BCUT2D eigenvalue weighted by atomic mass is 16.6. The van der Waals surface area contributed by atoms with Crippen molar-refractivity contribution in [1.29, 1.82) is 0 Å². The van der Waals surface area contributed by atoms with Crippen LogP contribution in [0.4, 0.5) is 4.79 Å². The second-order valence-electron chi connectivity index (χ2n) is 7.58. The Balaban J connectivity index is 1.59. The van der Waals surface area contributed by atoms with Crippen LogP contribution in [0.1, 0.15) is 39.2 Å². The van der Waals surface area contributed by atoms with E-state index in [0.29, 0.717) is 0 Å². The molecule has 2 amide bonds. The summed E-state index contributed by atoms with van der Waals surface area (Å²) in [7, 11) is 0. The zero-order chi connectivity index (χ0) is 19.0. The van der Waals surface area contributed by atoms with Gasteiger partial charge in [-0.25, -0.2) is 10.2 Å². The topological polar surface area (TPSA) is 82.7 Å². The number of likely N-dealkylation sites (tertiary alicyclic amines) is 1. The van der Waals surface area contributed by atoms with Gasteiger partial charge in [0.25, 0.3) is 5.91 Å². The molecule has 1 aromatic rings. The number of nitrogens with one attached hydrogen (secondary N) is 3. The lowest BCUT2D eigenvalue weighted by Crippen LogP contribution is -2.51. The Morgan fingerprint density at radius 3 is 2.42 bits per heavy atom. The lowest BCUT2D eigenvalue weighted by atomic mass is 10.0. The fourth-order valence-electron chi connectivity index (χ4n) is 2.77. The number of nitrogens with zero attached hydrogens (tertiary/aromatic N) is 1. The summed E-state index contributed by atoms with van der Waals surface area (Å²) >= 11 is 0. The first kappa shape index (κ1) is 20.2. The molecular formula is C19H30N4O3. The molecule has 7 heteroatoms. The maximum absolute atomic E-state index is 11.8. The number of benzene rings is 1. The van der Waals surface area contributed by atoms with Crippen molar-refractivity contribution < 1.29 is 14.3 Å². The van der Waals surface area contributed by atoms with Gasteiger partial charge in [-0.1, -0.05) is 30.3 Å². The van der Waals surface area contributed by atoms with Gasteiger partial charge in [0.15, 0.2) is 0 Å². The van der Waals surface area contributed by atoms with Gasteiger partial charge >= 0.3 is 6.09 Å². The lowest BCUT2D eigenvalue weighted by molar-refractivity contribution is -0.121. The first-order valence-electron chi connectivity index (χ1n) is 9.09. The molecule has 1 aliphatic rings. The standard InChI is InChI=1S/C19H30N4O3/c1-19(2,3)26-18(25)20-13-17(24)22-21-16-9-11-23(12-10-16)14-15-7-5-4-6-8-15/h4-8,16,21H,9-14H2,1-3H3,(H,20,25)(H,22,24). The lowest BCUT2D eigenvalue weighted by Gasteiger charge is -2.32. The first-order chi connectivity index (χ1) is 12.3. The number of piperidine rings is 1. The van der Waals surface area contributed by atoms with Gasteiger partial charge in [-0.05, 0) is 39.2 Å². The van der Waals surface area contributed by atoms with Crippen molar-refractivity contribution in [3.05, 3.63) is 35.9 Å². The van der Waals surface area contributed by atoms with Crippen molar-refractivity contribution in [1.82, 2.24) is 21.1 Å². The molecule has 3 N–H and O–H groups in total. The van der Waals surface area contributed by atoms with Gasteiger partial charge in [0.2, 0.25) is 0 Å². The van der Waals surface area contributed by atoms with Crippen molar-refractivity contribution in [2.75, 3.05) is 19.6 Å². The fourth-order valence-corrected chi connectivity index (χ4v) is 2.77. The van der Waals surface area contributed by atoms with E-state index >= 15 is 0 Å². The average molecular weight is 362 g/mol. The smallest absolute Gasteiger partial charge is 0.408 e. The predicted molar refractivity (Wildman–Crippen MR) is 100 cm³/mol. The average Bonchev–Trinajstić information content (AvgIpc) is 2.59. The van der Waals surface area contributed by atoms with Gasteiger partial charge in [0, 0.05) is 25.7 Å². The van der Waals surface area contributed by atoms with E-state index < -0.39 is 11.7 Å². The number of hydrazine groups is 1. The molecule has 1 saturated heterocycles. The third-order valence-corrected chi connectivity index (χ3v) is 4.04. The Morgan fingerprint density at radius 1 is 1.15 bits per heavy atom. The number of carbonyl (C=O) groups is 2. The van der Waals surface area contributed by atoms with E-state index in [-0.39, 0.29) is 18.5 Å².